The van der Waals surface area contributed by atoms with Crippen LogP contribution < -0.4 is 0 Å². The third-order valence-electron chi connectivity index (χ3n) is 1.45. The first-order valence-electron chi connectivity index (χ1n) is 3.21. The molecule has 49 valence electrons. The van der Waals surface area contributed by atoms with Crippen LogP contribution in [-0.2, 0) is 0 Å². The van der Waals surface area contributed by atoms with Crippen molar-refractivity contribution in [3.8, 4) is 0 Å². The molecule has 0 amide bonds. The Hall–Kier alpha value is -0.230. The lowest BCUT2D eigenvalue weighted by molar-refractivity contribution is 1.04. The van der Waals surface area contributed by atoms with Crippen LogP contribution >= 0.6 is 11.6 Å². The van der Waals surface area contributed by atoms with Gasteiger partial charge in [0.25, 0.3) is 0 Å². The summed E-state index contributed by atoms with van der Waals surface area (Å²) < 4.78 is 0. The second-order valence-corrected chi connectivity index (χ2v) is 2.60. The van der Waals surface area contributed by atoms with Crippen LogP contribution in [-0.4, -0.2) is 0 Å². The molecule has 0 unspecified atom stereocenters. The quantitative estimate of drug-likeness (QED) is 0.527. The van der Waals surface area contributed by atoms with Gasteiger partial charge < -0.3 is 0 Å². The maximum absolute atomic E-state index is 5.72. The third kappa shape index (κ3) is 1.87. The molecule has 1 radical (unpaired) electrons. The van der Waals surface area contributed by atoms with Gasteiger partial charge >= 0.3 is 0 Å². The molecule has 0 saturated carbocycles. The van der Waals surface area contributed by atoms with E-state index in [0.29, 0.717) is 0 Å². The van der Waals surface area contributed by atoms with E-state index in [1.165, 1.54) is 5.57 Å². The SMILES string of the molecule is CCC1=CC=C(Cl)C[CH]1. The smallest absolute Gasteiger partial charge is 0.0187 e. The fraction of sp³-hybridized carbons (Fsp3) is 0.375. The fourth-order valence-corrected chi connectivity index (χ4v) is 0.964. The van der Waals surface area contributed by atoms with Crippen LogP contribution in [0, 0.1) is 6.42 Å². The number of hydrogen-bond donors (Lipinski definition) is 0. The van der Waals surface area contributed by atoms with Gasteiger partial charge in [-0.05, 0) is 25.3 Å². The van der Waals surface area contributed by atoms with E-state index in [9.17, 15) is 0 Å². The monoisotopic (exact) mass is 141 g/mol. The van der Waals surface area contributed by atoms with Gasteiger partial charge in [0.1, 0.15) is 0 Å². The minimum Gasteiger partial charge on any atom is -0.0891 e. The highest BCUT2D eigenvalue weighted by atomic mass is 35.5. The average molecular weight is 142 g/mol. The number of rotatable bonds is 1. The molecule has 1 aliphatic rings. The molecule has 0 aromatic rings. The first kappa shape index (κ1) is 6.88. The van der Waals surface area contributed by atoms with Gasteiger partial charge in [0.05, 0.1) is 0 Å². The highest BCUT2D eigenvalue weighted by molar-refractivity contribution is 6.29. The number of halogens is 1. The van der Waals surface area contributed by atoms with Crippen molar-refractivity contribution in [2.45, 2.75) is 19.8 Å². The van der Waals surface area contributed by atoms with Crippen molar-refractivity contribution in [3.63, 3.8) is 0 Å². The molecule has 1 heteroatoms. The number of hydrogen-bond acceptors (Lipinski definition) is 0. The summed E-state index contributed by atoms with van der Waals surface area (Å²) in [5.74, 6) is 0. The summed E-state index contributed by atoms with van der Waals surface area (Å²) in [6.07, 6.45) is 8.25. The molecule has 0 N–H and O–H groups in total. The Morgan fingerprint density at radius 2 is 2.33 bits per heavy atom. The Kier molecular flexibility index (Phi) is 2.35. The minimum atomic E-state index is 0.918. The van der Waals surface area contributed by atoms with E-state index in [-0.39, 0.29) is 0 Å². The predicted octanol–water partition coefficient (Wildman–Crippen LogP) is 3.05. The molecule has 0 nitrogen and oxygen atoms in total. The maximum atomic E-state index is 5.72. The molecule has 0 aromatic heterocycles. The molecule has 0 heterocycles. The predicted molar refractivity (Wildman–Crippen MR) is 41.2 cm³/mol. The summed E-state index contributed by atoms with van der Waals surface area (Å²) in [6.45, 7) is 2.15. The summed E-state index contributed by atoms with van der Waals surface area (Å²) in [5.41, 5.74) is 1.39. The van der Waals surface area contributed by atoms with Crippen LogP contribution in [0.2, 0.25) is 0 Å². The van der Waals surface area contributed by atoms with Crippen molar-refractivity contribution in [1.29, 1.82) is 0 Å². The van der Waals surface area contributed by atoms with Crippen LogP contribution in [0.25, 0.3) is 0 Å². The lowest BCUT2D eigenvalue weighted by Gasteiger charge is -2.06. The van der Waals surface area contributed by atoms with E-state index in [1.807, 2.05) is 6.08 Å². The highest BCUT2D eigenvalue weighted by Gasteiger charge is 2.01. The van der Waals surface area contributed by atoms with Gasteiger partial charge in [0.15, 0.2) is 0 Å². The highest BCUT2D eigenvalue weighted by Crippen LogP contribution is 2.21. The zero-order valence-electron chi connectivity index (χ0n) is 5.52. The summed E-state index contributed by atoms with van der Waals surface area (Å²) in [7, 11) is 0. The van der Waals surface area contributed by atoms with Crippen molar-refractivity contribution in [1.82, 2.24) is 0 Å². The van der Waals surface area contributed by atoms with E-state index in [4.69, 9.17) is 11.6 Å². The first-order valence-corrected chi connectivity index (χ1v) is 3.59. The van der Waals surface area contributed by atoms with Gasteiger partial charge in [-0.1, -0.05) is 30.2 Å². The van der Waals surface area contributed by atoms with Gasteiger partial charge in [-0.2, -0.15) is 0 Å². The average Bonchev–Trinajstić information content (AvgIpc) is 1.90. The Morgan fingerprint density at radius 3 is 2.78 bits per heavy atom. The molecular weight excluding hydrogens is 132 g/mol. The van der Waals surface area contributed by atoms with E-state index in [1.54, 1.807) is 0 Å². The Morgan fingerprint density at radius 1 is 1.56 bits per heavy atom. The van der Waals surface area contributed by atoms with Crippen molar-refractivity contribution >= 4 is 11.6 Å². The second kappa shape index (κ2) is 3.07. The Balaban J connectivity index is 2.59. The molecule has 1 rings (SSSR count). The van der Waals surface area contributed by atoms with Crippen LogP contribution in [0.1, 0.15) is 19.8 Å². The molecular formula is C8H10Cl. The molecule has 0 aliphatic heterocycles. The molecule has 0 bridgehead atoms. The van der Waals surface area contributed by atoms with Gasteiger partial charge in [0, 0.05) is 5.03 Å². The van der Waals surface area contributed by atoms with Gasteiger partial charge in [-0.3, -0.25) is 0 Å². The van der Waals surface area contributed by atoms with Crippen molar-refractivity contribution in [3.05, 3.63) is 29.2 Å². The van der Waals surface area contributed by atoms with Crippen molar-refractivity contribution in [2.24, 2.45) is 0 Å². The first-order chi connectivity index (χ1) is 4.33. The van der Waals surface area contributed by atoms with Crippen LogP contribution in [0.3, 0.4) is 0 Å². The topological polar surface area (TPSA) is 0 Å². The lowest BCUT2D eigenvalue weighted by atomic mass is 10.0. The molecule has 0 fully saturated rings. The molecule has 0 spiro atoms. The summed E-state index contributed by atoms with van der Waals surface area (Å²) >= 11 is 5.72. The second-order valence-electron chi connectivity index (χ2n) is 2.12. The zero-order valence-corrected chi connectivity index (χ0v) is 6.28. The van der Waals surface area contributed by atoms with E-state index < -0.39 is 0 Å². The van der Waals surface area contributed by atoms with E-state index in [2.05, 4.69) is 19.4 Å². The van der Waals surface area contributed by atoms with Crippen LogP contribution in [0.5, 0.6) is 0 Å². The van der Waals surface area contributed by atoms with E-state index >= 15 is 0 Å². The molecule has 9 heavy (non-hydrogen) atoms. The van der Waals surface area contributed by atoms with Gasteiger partial charge in [-0.15, -0.1) is 0 Å². The van der Waals surface area contributed by atoms with E-state index in [0.717, 1.165) is 17.9 Å². The van der Waals surface area contributed by atoms with Gasteiger partial charge in [-0.25, -0.2) is 0 Å². The lowest BCUT2D eigenvalue weighted by Crippen LogP contribution is -1.88. The minimum absolute atomic E-state index is 0.918. The van der Waals surface area contributed by atoms with Gasteiger partial charge in [0.2, 0.25) is 0 Å². The third-order valence-corrected chi connectivity index (χ3v) is 1.73. The molecule has 1 aliphatic carbocycles. The summed E-state index contributed by atoms with van der Waals surface area (Å²) in [6, 6.07) is 0. The Labute approximate surface area is 61.2 Å². The maximum Gasteiger partial charge on any atom is 0.0187 e. The largest absolute Gasteiger partial charge is 0.0891 e. The standard InChI is InChI=1S/C8H10Cl/c1-2-7-3-5-8(9)6-4-7/h3-5H,2,6H2,1H3. The van der Waals surface area contributed by atoms with Crippen molar-refractivity contribution in [2.75, 3.05) is 0 Å². The summed E-state index contributed by atoms with van der Waals surface area (Å²) in [5, 5.41) is 0.937. The molecule has 0 aromatic carbocycles. The fourth-order valence-electron chi connectivity index (χ4n) is 0.824. The molecule has 0 saturated heterocycles. The van der Waals surface area contributed by atoms with Crippen LogP contribution in [0.15, 0.2) is 22.8 Å². The zero-order chi connectivity index (χ0) is 6.69. The molecule has 0 atom stereocenters. The normalized spacial score (nSPS) is 18.9. The summed E-state index contributed by atoms with van der Waals surface area (Å²) in [4.78, 5) is 0. The number of allylic oxidation sites excluding steroid dienone is 4. The Bertz CT molecular complexity index is 154. The van der Waals surface area contributed by atoms with Crippen LogP contribution in [0.4, 0.5) is 0 Å². The van der Waals surface area contributed by atoms with Crippen molar-refractivity contribution < 1.29 is 0 Å².